The summed E-state index contributed by atoms with van der Waals surface area (Å²) in [7, 11) is 3.03. The number of rotatable bonds is 3. The minimum atomic E-state index is -0.533. The molecule has 98 valence electrons. The van der Waals surface area contributed by atoms with Gasteiger partial charge in [-0.3, -0.25) is 5.43 Å². The zero-order chi connectivity index (χ0) is 13.5. The van der Waals surface area contributed by atoms with Crippen LogP contribution in [-0.4, -0.2) is 25.4 Å². The van der Waals surface area contributed by atoms with Gasteiger partial charge in [0.2, 0.25) is 0 Å². The molecular weight excluding hydrogens is 256 g/mol. The van der Waals surface area contributed by atoms with E-state index in [1.54, 1.807) is 18.2 Å². The highest BCUT2D eigenvalue weighted by Gasteiger charge is 2.08. The molecule has 0 atom stereocenters. The summed E-state index contributed by atoms with van der Waals surface area (Å²) in [4.78, 5) is 11.5. The lowest BCUT2D eigenvalue weighted by atomic mass is 10.2. The van der Waals surface area contributed by atoms with Crippen molar-refractivity contribution in [1.29, 1.82) is 0 Å². The van der Waals surface area contributed by atoms with Gasteiger partial charge in [0.15, 0.2) is 5.11 Å². The number of anilines is 1. The van der Waals surface area contributed by atoms with Gasteiger partial charge >= 0.3 is 6.03 Å². The van der Waals surface area contributed by atoms with E-state index in [9.17, 15) is 4.79 Å². The standard InChI is InChI=1S/C10H14N4O3S/c1-16-6-3-4-8(17-2)7(5-6)12-10(15)14-13-9(11)18/h3-5H,1-2H3,(H3,11,13,18)(H2,12,14,15). The number of amides is 2. The molecule has 0 unspecified atom stereocenters. The van der Waals surface area contributed by atoms with Gasteiger partial charge in [-0.1, -0.05) is 0 Å². The van der Waals surface area contributed by atoms with Crippen LogP contribution in [0, 0.1) is 0 Å². The molecule has 1 aromatic rings. The number of ether oxygens (including phenoxy) is 2. The summed E-state index contributed by atoms with van der Waals surface area (Å²) < 4.78 is 10.2. The summed E-state index contributed by atoms with van der Waals surface area (Å²) >= 11 is 4.55. The molecule has 1 aromatic carbocycles. The van der Waals surface area contributed by atoms with Gasteiger partial charge < -0.3 is 20.5 Å². The molecule has 1 rings (SSSR count). The predicted molar refractivity (Wildman–Crippen MR) is 71.6 cm³/mol. The Bertz CT molecular complexity index is 453. The number of hydrogen-bond donors (Lipinski definition) is 4. The maximum absolute atomic E-state index is 11.5. The van der Waals surface area contributed by atoms with Crippen LogP contribution in [0.2, 0.25) is 0 Å². The third kappa shape index (κ3) is 3.98. The summed E-state index contributed by atoms with van der Waals surface area (Å²) in [6.45, 7) is 0. The molecule has 0 saturated heterocycles. The van der Waals surface area contributed by atoms with Crippen LogP contribution < -0.4 is 31.4 Å². The summed E-state index contributed by atoms with van der Waals surface area (Å²) in [5.41, 5.74) is 10.2. The van der Waals surface area contributed by atoms with Crippen LogP contribution in [0.25, 0.3) is 0 Å². The van der Waals surface area contributed by atoms with Crippen molar-refractivity contribution in [3.05, 3.63) is 18.2 Å². The van der Waals surface area contributed by atoms with Crippen molar-refractivity contribution in [2.45, 2.75) is 0 Å². The molecular formula is C10H14N4O3S. The molecule has 5 N–H and O–H groups in total. The third-order valence-electron chi connectivity index (χ3n) is 1.95. The number of methoxy groups -OCH3 is 2. The van der Waals surface area contributed by atoms with Crippen molar-refractivity contribution < 1.29 is 14.3 Å². The van der Waals surface area contributed by atoms with Gasteiger partial charge in [0.25, 0.3) is 0 Å². The van der Waals surface area contributed by atoms with Crippen molar-refractivity contribution >= 4 is 29.0 Å². The van der Waals surface area contributed by atoms with E-state index in [1.165, 1.54) is 14.2 Å². The van der Waals surface area contributed by atoms with Crippen LogP contribution in [0.4, 0.5) is 10.5 Å². The molecule has 0 spiro atoms. The lowest BCUT2D eigenvalue weighted by Crippen LogP contribution is -2.46. The summed E-state index contributed by atoms with van der Waals surface area (Å²) in [6.07, 6.45) is 0. The number of urea groups is 1. The van der Waals surface area contributed by atoms with E-state index in [-0.39, 0.29) is 5.11 Å². The molecule has 0 heterocycles. The monoisotopic (exact) mass is 270 g/mol. The topological polar surface area (TPSA) is 97.6 Å². The number of carbonyl (C=O) groups excluding carboxylic acids is 1. The van der Waals surface area contributed by atoms with E-state index in [2.05, 4.69) is 28.4 Å². The Morgan fingerprint density at radius 1 is 1.28 bits per heavy atom. The molecule has 18 heavy (non-hydrogen) atoms. The second-order valence-corrected chi connectivity index (χ2v) is 3.57. The molecule has 2 amide bonds. The zero-order valence-corrected chi connectivity index (χ0v) is 10.8. The Labute approximate surface area is 110 Å². The molecule has 0 aliphatic rings. The average Bonchev–Trinajstić information content (AvgIpc) is 2.36. The van der Waals surface area contributed by atoms with E-state index in [0.29, 0.717) is 17.2 Å². The van der Waals surface area contributed by atoms with Crippen molar-refractivity contribution in [2.24, 2.45) is 5.73 Å². The van der Waals surface area contributed by atoms with Gasteiger partial charge in [0.1, 0.15) is 11.5 Å². The van der Waals surface area contributed by atoms with E-state index in [1.807, 2.05) is 0 Å². The van der Waals surface area contributed by atoms with E-state index >= 15 is 0 Å². The highest BCUT2D eigenvalue weighted by atomic mass is 32.1. The van der Waals surface area contributed by atoms with Crippen LogP contribution in [0.15, 0.2) is 18.2 Å². The van der Waals surface area contributed by atoms with Crippen LogP contribution in [0.1, 0.15) is 0 Å². The van der Waals surface area contributed by atoms with Gasteiger partial charge in [-0.05, 0) is 24.4 Å². The van der Waals surface area contributed by atoms with Gasteiger partial charge in [0.05, 0.1) is 19.9 Å². The first-order valence-corrected chi connectivity index (χ1v) is 5.32. The van der Waals surface area contributed by atoms with Crippen molar-refractivity contribution in [2.75, 3.05) is 19.5 Å². The van der Waals surface area contributed by atoms with E-state index in [0.717, 1.165) is 0 Å². The lowest BCUT2D eigenvalue weighted by Gasteiger charge is -2.12. The zero-order valence-electron chi connectivity index (χ0n) is 9.94. The molecule has 0 radical (unpaired) electrons. The van der Waals surface area contributed by atoms with Gasteiger partial charge in [-0.15, -0.1) is 0 Å². The summed E-state index contributed by atoms with van der Waals surface area (Å²) in [6, 6.07) is 4.48. The van der Waals surface area contributed by atoms with Crippen molar-refractivity contribution in [3.8, 4) is 11.5 Å². The van der Waals surface area contributed by atoms with Crippen LogP contribution in [0.3, 0.4) is 0 Å². The number of carbonyl (C=O) groups is 1. The fourth-order valence-electron chi connectivity index (χ4n) is 1.18. The summed E-state index contributed by atoms with van der Waals surface area (Å²) in [5.74, 6) is 1.09. The molecule has 8 heteroatoms. The van der Waals surface area contributed by atoms with Crippen molar-refractivity contribution in [1.82, 2.24) is 10.9 Å². The normalized spacial score (nSPS) is 9.22. The van der Waals surface area contributed by atoms with Gasteiger partial charge in [0, 0.05) is 6.07 Å². The second kappa shape index (κ2) is 6.50. The highest BCUT2D eigenvalue weighted by molar-refractivity contribution is 7.80. The Balaban J connectivity index is 2.75. The minimum Gasteiger partial charge on any atom is -0.497 e. The Hall–Kier alpha value is -2.22. The van der Waals surface area contributed by atoms with Crippen LogP contribution in [0.5, 0.6) is 11.5 Å². The summed E-state index contributed by atoms with van der Waals surface area (Å²) in [5, 5.41) is 2.52. The second-order valence-electron chi connectivity index (χ2n) is 3.13. The molecule has 0 aliphatic heterocycles. The molecule has 0 fully saturated rings. The quantitative estimate of drug-likeness (QED) is 0.473. The molecule has 0 saturated carbocycles. The number of hydrazine groups is 1. The fourth-order valence-corrected chi connectivity index (χ4v) is 1.23. The Morgan fingerprint density at radius 3 is 2.56 bits per heavy atom. The lowest BCUT2D eigenvalue weighted by molar-refractivity contribution is 0.250. The largest absolute Gasteiger partial charge is 0.497 e. The van der Waals surface area contributed by atoms with Crippen LogP contribution in [-0.2, 0) is 0 Å². The first-order valence-electron chi connectivity index (χ1n) is 4.91. The molecule has 0 aliphatic carbocycles. The number of benzene rings is 1. The molecule has 0 bridgehead atoms. The fraction of sp³-hybridized carbons (Fsp3) is 0.200. The van der Waals surface area contributed by atoms with Gasteiger partial charge in [-0.2, -0.15) is 0 Å². The SMILES string of the molecule is COc1ccc(OC)c(NC(=O)NNC(N)=S)c1. The van der Waals surface area contributed by atoms with Gasteiger partial charge in [-0.25, -0.2) is 10.2 Å². The number of nitrogens with one attached hydrogen (secondary N) is 3. The highest BCUT2D eigenvalue weighted by Crippen LogP contribution is 2.28. The smallest absolute Gasteiger partial charge is 0.338 e. The van der Waals surface area contributed by atoms with Crippen molar-refractivity contribution in [3.63, 3.8) is 0 Å². The first-order chi connectivity index (χ1) is 8.56. The number of hydrogen-bond acceptors (Lipinski definition) is 4. The first kappa shape index (κ1) is 13.8. The maximum Gasteiger partial charge on any atom is 0.338 e. The molecule has 7 nitrogen and oxygen atoms in total. The van der Waals surface area contributed by atoms with Crippen LogP contribution >= 0.6 is 12.2 Å². The predicted octanol–water partition coefficient (Wildman–Crippen LogP) is 0.573. The maximum atomic E-state index is 11.5. The number of thiocarbonyl (C=S) groups is 1. The minimum absolute atomic E-state index is 0.0391. The molecule has 0 aromatic heterocycles. The average molecular weight is 270 g/mol. The van der Waals surface area contributed by atoms with E-state index < -0.39 is 6.03 Å². The van der Waals surface area contributed by atoms with E-state index in [4.69, 9.17) is 15.2 Å². The third-order valence-corrected chi connectivity index (χ3v) is 2.06. The number of nitrogens with two attached hydrogens (primary N) is 1. The Morgan fingerprint density at radius 2 is 2.00 bits per heavy atom. The Kier molecular flexibility index (Phi) is 5.00.